The summed E-state index contributed by atoms with van der Waals surface area (Å²) in [6.07, 6.45) is 3.14. The molecule has 1 aliphatic heterocycles. The van der Waals surface area contributed by atoms with Crippen LogP contribution in [0.4, 0.5) is 4.39 Å². The van der Waals surface area contributed by atoms with Crippen molar-refractivity contribution in [3.05, 3.63) is 29.6 Å². The van der Waals surface area contributed by atoms with Gasteiger partial charge in [-0.2, -0.15) is 11.8 Å². The summed E-state index contributed by atoms with van der Waals surface area (Å²) in [7, 11) is 3.47. The molecule has 1 aliphatic rings. The van der Waals surface area contributed by atoms with E-state index >= 15 is 0 Å². The smallest absolute Gasteiger partial charge is 0.168 e. The number of likely N-dealkylation sites (N-methyl/N-ethyl adjacent to an activating group) is 1. The number of hydrogen-bond acceptors (Lipinski definition) is 3. The molecule has 1 heterocycles. The summed E-state index contributed by atoms with van der Waals surface area (Å²) in [5, 5.41) is 3.37. The third kappa shape index (κ3) is 3.06. The average Bonchev–Trinajstić information content (AvgIpc) is 2.85. The summed E-state index contributed by atoms with van der Waals surface area (Å²) in [5.41, 5.74) is 0.729. The van der Waals surface area contributed by atoms with Gasteiger partial charge in [0.05, 0.1) is 7.11 Å². The Morgan fingerprint density at radius 2 is 2.32 bits per heavy atom. The van der Waals surface area contributed by atoms with Gasteiger partial charge in [-0.1, -0.05) is 12.1 Å². The van der Waals surface area contributed by atoms with E-state index in [2.05, 4.69) is 12.2 Å². The molecular formula is C15H22FNOS. The molecule has 1 N–H and O–H groups in total. The Labute approximate surface area is 119 Å². The summed E-state index contributed by atoms with van der Waals surface area (Å²) in [4.78, 5) is 0. The van der Waals surface area contributed by atoms with E-state index in [1.807, 2.05) is 30.9 Å². The molecule has 0 amide bonds. The van der Waals surface area contributed by atoms with Gasteiger partial charge in [0.15, 0.2) is 11.6 Å². The zero-order valence-electron chi connectivity index (χ0n) is 11.8. The van der Waals surface area contributed by atoms with Gasteiger partial charge in [0.2, 0.25) is 0 Å². The Balaban J connectivity index is 2.19. The topological polar surface area (TPSA) is 21.3 Å². The molecule has 0 spiro atoms. The molecule has 2 unspecified atom stereocenters. The lowest BCUT2D eigenvalue weighted by molar-refractivity contribution is 0.378. The molecule has 1 saturated heterocycles. The van der Waals surface area contributed by atoms with Gasteiger partial charge in [0, 0.05) is 10.8 Å². The highest BCUT2D eigenvalue weighted by molar-refractivity contribution is 8.00. The SMILES string of the molecule is CNC(Cc1cccc(OC)c1F)C1(C)CCCS1. The Bertz CT molecular complexity index is 432. The lowest BCUT2D eigenvalue weighted by Crippen LogP contribution is -2.45. The Hall–Kier alpha value is -0.740. The maximum Gasteiger partial charge on any atom is 0.168 e. The van der Waals surface area contributed by atoms with Crippen molar-refractivity contribution >= 4 is 11.8 Å². The van der Waals surface area contributed by atoms with Crippen LogP contribution in [0.2, 0.25) is 0 Å². The van der Waals surface area contributed by atoms with E-state index in [1.165, 1.54) is 25.7 Å². The van der Waals surface area contributed by atoms with Crippen molar-refractivity contribution in [2.45, 2.75) is 37.0 Å². The largest absolute Gasteiger partial charge is 0.494 e. The fourth-order valence-electron chi connectivity index (χ4n) is 2.79. The van der Waals surface area contributed by atoms with E-state index in [-0.39, 0.29) is 16.6 Å². The number of methoxy groups -OCH3 is 1. The fourth-order valence-corrected chi connectivity index (χ4v) is 4.24. The van der Waals surface area contributed by atoms with Crippen LogP contribution in [0.1, 0.15) is 25.3 Å². The number of nitrogens with one attached hydrogen (secondary N) is 1. The van der Waals surface area contributed by atoms with Crippen LogP contribution in [0.5, 0.6) is 5.75 Å². The van der Waals surface area contributed by atoms with Crippen molar-refractivity contribution in [1.82, 2.24) is 5.32 Å². The molecule has 2 rings (SSSR count). The molecule has 4 heteroatoms. The van der Waals surface area contributed by atoms with E-state index in [9.17, 15) is 4.39 Å². The zero-order chi connectivity index (χ0) is 13.9. The molecule has 2 atom stereocenters. The maximum absolute atomic E-state index is 14.2. The number of halogens is 1. The highest BCUT2D eigenvalue weighted by Gasteiger charge is 2.37. The van der Waals surface area contributed by atoms with Crippen molar-refractivity contribution in [1.29, 1.82) is 0 Å². The quantitative estimate of drug-likeness (QED) is 0.896. The second kappa shape index (κ2) is 6.14. The van der Waals surface area contributed by atoms with Crippen molar-refractivity contribution in [3.63, 3.8) is 0 Å². The van der Waals surface area contributed by atoms with E-state index < -0.39 is 0 Å². The standard InChI is InChI=1S/C15H22FNOS/c1-15(8-5-9-19-15)13(17-2)10-11-6-4-7-12(18-3)14(11)16/h4,6-7,13,17H,5,8-10H2,1-3H3. The first kappa shape index (κ1) is 14.7. The average molecular weight is 283 g/mol. The van der Waals surface area contributed by atoms with Gasteiger partial charge in [0.25, 0.3) is 0 Å². The molecule has 2 nitrogen and oxygen atoms in total. The number of benzene rings is 1. The van der Waals surface area contributed by atoms with E-state index in [4.69, 9.17) is 4.74 Å². The van der Waals surface area contributed by atoms with Crippen molar-refractivity contribution in [2.24, 2.45) is 0 Å². The molecule has 1 aromatic carbocycles. The summed E-state index contributed by atoms with van der Waals surface area (Å²) in [6.45, 7) is 2.28. The Kier molecular flexibility index (Phi) is 4.74. The predicted molar refractivity (Wildman–Crippen MR) is 79.6 cm³/mol. The van der Waals surface area contributed by atoms with Gasteiger partial charge in [-0.15, -0.1) is 0 Å². The Morgan fingerprint density at radius 3 is 2.89 bits per heavy atom. The summed E-state index contributed by atoms with van der Waals surface area (Å²) >= 11 is 2.00. The molecule has 106 valence electrons. The lowest BCUT2D eigenvalue weighted by Gasteiger charge is -2.33. The lowest BCUT2D eigenvalue weighted by atomic mass is 9.90. The highest BCUT2D eigenvalue weighted by Crippen LogP contribution is 2.41. The summed E-state index contributed by atoms with van der Waals surface area (Å²) < 4.78 is 19.5. The van der Waals surface area contributed by atoms with Crippen LogP contribution < -0.4 is 10.1 Å². The van der Waals surface area contributed by atoms with Crippen molar-refractivity contribution in [3.8, 4) is 5.75 Å². The molecule has 0 aromatic heterocycles. The monoisotopic (exact) mass is 283 g/mol. The summed E-state index contributed by atoms with van der Waals surface area (Å²) in [6, 6.07) is 5.65. The first-order chi connectivity index (χ1) is 9.10. The van der Waals surface area contributed by atoms with Crippen LogP contribution in [-0.4, -0.2) is 30.7 Å². The predicted octanol–water partition coefficient (Wildman–Crippen LogP) is 3.25. The van der Waals surface area contributed by atoms with Gasteiger partial charge >= 0.3 is 0 Å². The molecular weight excluding hydrogens is 261 g/mol. The fraction of sp³-hybridized carbons (Fsp3) is 0.600. The van der Waals surface area contributed by atoms with E-state index in [0.717, 1.165) is 5.56 Å². The minimum atomic E-state index is -0.225. The number of hydrogen-bond donors (Lipinski definition) is 1. The first-order valence-electron chi connectivity index (χ1n) is 6.73. The normalized spacial score (nSPS) is 24.4. The van der Waals surface area contributed by atoms with Crippen LogP contribution in [0.3, 0.4) is 0 Å². The highest BCUT2D eigenvalue weighted by atomic mass is 32.2. The van der Waals surface area contributed by atoms with Crippen LogP contribution in [0, 0.1) is 5.82 Å². The minimum absolute atomic E-state index is 0.199. The molecule has 1 fully saturated rings. The third-order valence-corrected chi connectivity index (χ3v) is 5.66. The van der Waals surface area contributed by atoms with Gasteiger partial charge in [-0.05, 0) is 50.6 Å². The van der Waals surface area contributed by atoms with Gasteiger partial charge < -0.3 is 10.1 Å². The molecule has 0 aliphatic carbocycles. The third-order valence-electron chi connectivity index (χ3n) is 4.02. The number of thioether (sulfide) groups is 1. The molecule has 0 bridgehead atoms. The van der Waals surface area contributed by atoms with Crippen LogP contribution in [0.15, 0.2) is 18.2 Å². The second-order valence-corrected chi connectivity index (χ2v) is 6.87. The number of ether oxygens (including phenoxy) is 1. The molecule has 0 saturated carbocycles. The second-order valence-electron chi connectivity index (χ2n) is 5.24. The van der Waals surface area contributed by atoms with Crippen LogP contribution >= 0.6 is 11.8 Å². The van der Waals surface area contributed by atoms with Crippen LogP contribution in [-0.2, 0) is 6.42 Å². The van der Waals surface area contributed by atoms with Crippen LogP contribution in [0.25, 0.3) is 0 Å². The molecule has 19 heavy (non-hydrogen) atoms. The minimum Gasteiger partial charge on any atom is -0.494 e. The molecule has 0 radical (unpaired) electrons. The maximum atomic E-state index is 14.2. The van der Waals surface area contributed by atoms with Crippen molar-refractivity contribution in [2.75, 3.05) is 19.9 Å². The van der Waals surface area contributed by atoms with Gasteiger partial charge in [-0.25, -0.2) is 4.39 Å². The van der Waals surface area contributed by atoms with Gasteiger partial charge in [0.1, 0.15) is 0 Å². The van der Waals surface area contributed by atoms with E-state index in [0.29, 0.717) is 12.2 Å². The first-order valence-corrected chi connectivity index (χ1v) is 7.72. The summed E-state index contributed by atoms with van der Waals surface area (Å²) in [5.74, 6) is 1.31. The van der Waals surface area contributed by atoms with E-state index in [1.54, 1.807) is 6.07 Å². The molecule has 1 aromatic rings. The number of rotatable bonds is 5. The van der Waals surface area contributed by atoms with Crippen molar-refractivity contribution < 1.29 is 9.13 Å². The Morgan fingerprint density at radius 1 is 1.53 bits per heavy atom. The van der Waals surface area contributed by atoms with Gasteiger partial charge in [-0.3, -0.25) is 0 Å². The zero-order valence-corrected chi connectivity index (χ0v) is 12.6.